The summed E-state index contributed by atoms with van der Waals surface area (Å²) in [4.78, 5) is 0. The van der Waals surface area contributed by atoms with Crippen LogP contribution in [0.2, 0.25) is 0 Å². The first-order valence-electron chi connectivity index (χ1n) is 6.90. The van der Waals surface area contributed by atoms with E-state index in [4.69, 9.17) is 4.74 Å². The first-order valence-corrected chi connectivity index (χ1v) is 6.90. The summed E-state index contributed by atoms with van der Waals surface area (Å²) in [5.41, 5.74) is 2.09. The van der Waals surface area contributed by atoms with Crippen LogP contribution in [0, 0.1) is 18.8 Å². The van der Waals surface area contributed by atoms with Gasteiger partial charge in [-0.1, -0.05) is 17.4 Å². The highest BCUT2D eigenvalue weighted by Gasteiger charge is 2.18. The molecule has 1 unspecified atom stereocenters. The highest BCUT2D eigenvalue weighted by atomic mass is 16.5. The highest BCUT2D eigenvalue weighted by molar-refractivity contribution is 5.53. The molecule has 0 saturated carbocycles. The molecule has 2 N–H and O–H groups in total. The lowest BCUT2D eigenvalue weighted by atomic mass is 9.95. The van der Waals surface area contributed by atoms with Crippen LogP contribution in [0.3, 0.4) is 0 Å². The Morgan fingerprint density at radius 2 is 2.05 bits per heavy atom. The van der Waals surface area contributed by atoms with Crippen LogP contribution in [-0.2, 0) is 0 Å². The summed E-state index contributed by atoms with van der Waals surface area (Å²) in [6.45, 7) is 10.9. The fourth-order valence-electron chi connectivity index (χ4n) is 2.03. The van der Waals surface area contributed by atoms with Crippen LogP contribution in [0.1, 0.15) is 50.0 Å². The lowest BCUT2D eigenvalue weighted by Crippen LogP contribution is -2.14. The molecule has 21 heavy (non-hydrogen) atoms. The Balaban J connectivity index is 3.42. The molecule has 0 aliphatic carbocycles. The quantitative estimate of drug-likeness (QED) is 0.661. The van der Waals surface area contributed by atoms with Crippen LogP contribution < -0.4 is 4.74 Å². The van der Waals surface area contributed by atoms with Gasteiger partial charge < -0.3 is 14.9 Å². The largest absolute Gasteiger partial charge is 0.496 e. The maximum Gasteiger partial charge on any atom is 0.126 e. The smallest absolute Gasteiger partial charge is 0.126 e. The van der Waals surface area contributed by atoms with Crippen LogP contribution in [0.25, 0.3) is 0 Å². The highest BCUT2D eigenvalue weighted by Crippen LogP contribution is 2.33. The van der Waals surface area contributed by atoms with Gasteiger partial charge in [-0.15, -0.1) is 6.58 Å². The molecule has 1 atom stereocenters. The van der Waals surface area contributed by atoms with E-state index in [1.807, 2.05) is 26.0 Å². The fourth-order valence-corrected chi connectivity index (χ4v) is 2.03. The molecule has 0 radical (unpaired) electrons. The van der Waals surface area contributed by atoms with Crippen LogP contribution in [-0.4, -0.2) is 22.9 Å². The van der Waals surface area contributed by atoms with Gasteiger partial charge in [0.05, 0.1) is 13.2 Å². The lowest BCUT2D eigenvalue weighted by Gasteiger charge is -2.18. The first-order chi connectivity index (χ1) is 9.64. The molecule has 3 heteroatoms. The molecule has 0 fully saturated rings. The third kappa shape index (κ3) is 5.26. The number of aliphatic hydroxyl groups is 2. The number of methoxy groups -OCH3 is 1. The van der Waals surface area contributed by atoms with Crippen LogP contribution in [0.15, 0.2) is 24.3 Å². The molecular weight excluding hydrogens is 264 g/mol. The van der Waals surface area contributed by atoms with Crippen molar-refractivity contribution in [2.45, 2.75) is 45.8 Å². The molecule has 1 aromatic carbocycles. The molecular formula is C18H24O3. The van der Waals surface area contributed by atoms with Gasteiger partial charge >= 0.3 is 0 Å². The zero-order valence-electron chi connectivity index (χ0n) is 13.4. The molecule has 0 aromatic heterocycles. The zero-order valence-corrected chi connectivity index (χ0v) is 13.4. The molecule has 0 spiro atoms. The number of ether oxygens (including phenoxy) is 1. The van der Waals surface area contributed by atoms with Gasteiger partial charge in [0.15, 0.2) is 0 Å². The molecule has 3 nitrogen and oxygen atoms in total. The van der Waals surface area contributed by atoms with E-state index in [9.17, 15) is 10.2 Å². The Hall–Kier alpha value is -1.76. The standard InChI is InChI=1S/C18H24O3/c1-12(2)9-15(19)17-14(7-8-18(4,5)20)10-13(3)11-16(17)21-6/h10-11,15,19-20H,1,9H2,2-6H3. The van der Waals surface area contributed by atoms with Gasteiger partial charge in [-0.05, 0) is 51.8 Å². The summed E-state index contributed by atoms with van der Waals surface area (Å²) >= 11 is 0. The minimum atomic E-state index is -1.09. The van der Waals surface area contributed by atoms with Gasteiger partial charge in [0.25, 0.3) is 0 Å². The molecule has 0 heterocycles. The SMILES string of the molecule is C=C(C)CC(O)c1c(C#CC(C)(C)O)cc(C)cc1OC. The van der Waals surface area contributed by atoms with Gasteiger partial charge in [-0.25, -0.2) is 0 Å². The molecule has 1 rings (SSSR count). The first kappa shape index (κ1) is 17.3. The summed E-state index contributed by atoms with van der Waals surface area (Å²) in [6, 6.07) is 3.75. The van der Waals surface area contributed by atoms with Crippen molar-refractivity contribution < 1.29 is 14.9 Å². The van der Waals surface area contributed by atoms with E-state index >= 15 is 0 Å². The van der Waals surface area contributed by atoms with Crippen LogP contribution >= 0.6 is 0 Å². The summed E-state index contributed by atoms with van der Waals surface area (Å²) < 4.78 is 5.38. The summed E-state index contributed by atoms with van der Waals surface area (Å²) in [5.74, 6) is 6.34. The maximum absolute atomic E-state index is 10.4. The predicted molar refractivity (Wildman–Crippen MR) is 85.3 cm³/mol. The zero-order chi connectivity index (χ0) is 16.2. The molecule has 0 saturated heterocycles. The van der Waals surface area contributed by atoms with E-state index in [-0.39, 0.29) is 0 Å². The van der Waals surface area contributed by atoms with Crippen LogP contribution in [0.4, 0.5) is 0 Å². The molecule has 0 bridgehead atoms. The third-order valence-corrected chi connectivity index (χ3v) is 2.88. The van der Waals surface area contributed by atoms with Crippen LogP contribution in [0.5, 0.6) is 5.75 Å². The number of aliphatic hydroxyl groups excluding tert-OH is 1. The Labute approximate surface area is 127 Å². The van der Waals surface area contributed by atoms with Crippen molar-refractivity contribution in [1.82, 2.24) is 0 Å². The van der Waals surface area contributed by atoms with E-state index in [2.05, 4.69) is 18.4 Å². The fraction of sp³-hybridized carbons (Fsp3) is 0.444. The van der Waals surface area contributed by atoms with Crippen molar-refractivity contribution in [2.75, 3.05) is 7.11 Å². The van der Waals surface area contributed by atoms with Gasteiger partial charge in [-0.2, -0.15) is 0 Å². The average molecular weight is 288 g/mol. The topological polar surface area (TPSA) is 49.7 Å². The molecule has 114 valence electrons. The second-order valence-electron chi connectivity index (χ2n) is 5.91. The van der Waals surface area contributed by atoms with E-state index in [1.165, 1.54) is 0 Å². The number of aryl methyl sites for hydroxylation is 1. The van der Waals surface area contributed by atoms with Crippen molar-refractivity contribution >= 4 is 0 Å². The van der Waals surface area contributed by atoms with Crippen molar-refractivity contribution in [3.63, 3.8) is 0 Å². The van der Waals surface area contributed by atoms with Gasteiger partial charge in [0.2, 0.25) is 0 Å². The number of benzene rings is 1. The Bertz CT molecular complexity index is 583. The normalized spacial score (nSPS) is 12.3. The van der Waals surface area contributed by atoms with Crippen molar-refractivity contribution in [1.29, 1.82) is 0 Å². The number of rotatable bonds is 4. The number of hydrogen-bond acceptors (Lipinski definition) is 3. The van der Waals surface area contributed by atoms with Crippen molar-refractivity contribution in [3.8, 4) is 17.6 Å². The predicted octanol–water partition coefficient (Wildman–Crippen LogP) is 3.13. The van der Waals surface area contributed by atoms with E-state index in [0.29, 0.717) is 23.3 Å². The molecule has 0 aliphatic heterocycles. The second kappa shape index (κ2) is 6.80. The van der Waals surface area contributed by atoms with Gasteiger partial charge in [-0.3, -0.25) is 0 Å². The summed E-state index contributed by atoms with van der Waals surface area (Å²) in [5, 5.41) is 20.2. The van der Waals surface area contributed by atoms with E-state index in [0.717, 1.165) is 11.1 Å². The summed E-state index contributed by atoms with van der Waals surface area (Å²) in [6.07, 6.45) is -0.291. The Morgan fingerprint density at radius 3 is 2.52 bits per heavy atom. The lowest BCUT2D eigenvalue weighted by molar-refractivity contribution is 0.143. The van der Waals surface area contributed by atoms with Gasteiger partial charge in [0.1, 0.15) is 11.4 Å². The summed E-state index contributed by atoms with van der Waals surface area (Å²) in [7, 11) is 1.57. The van der Waals surface area contributed by atoms with Crippen molar-refractivity contribution in [3.05, 3.63) is 41.0 Å². The van der Waals surface area contributed by atoms with Crippen molar-refractivity contribution in [2.24, 2.45) is 0 Å². The second-order valence-corrected chi connectivity index (χ2v) is 5.91. The molecule has 1 aromatic rings. The van der Waals surface area contributed by atoms with E-state index in [1.54, 1.807) is 21.0 Å². The average Bonchev–Trinajstić information content (AvgIpc) is 2.33. The maximum atomic E-state index is 10.4. The Kier molecular flexibility index (Phi) is 5.60. The monoisotopic (exact) mass is 288 g/mol. The minimum absolute atomic E-state index is 0.441. The minimum Gasteiger partial charge on any atom is -0.496 e. The molecule has 0 aliphatic rings. The van der Waals surface area contributed by atoms with E-state index < -0.39 is 11.7 Å². The number of hydrogen-bond donors (Lipinski definition) is 2. The molecule has 0 amide bonds. The third-order valence-electron chi connectivity index (χ3n) is 2.88. The van der Waals surface area contributed by atoms with Gasteiger partial charge in [0, 0.05) is 11.1 Å². The Morgan fingerprint density at radius 1 is 1.43 bits per heavy atom.